The highest BCUT2D eigenvalue weighted by molar-refractivity contribution is 7.89. The zero-order valence-electron chi connectivity index (χ0n) is 13.1. The summed E-state index contributed by atoms with van der Waals surface area (Å²) < 4.78 is 32.9. The number of H-pyrrole nitrogens is 1. The molecule has 1 saturated heterocycles. The summed E-state index contributed by atoms with van der Waals surface area (Å²) in [7, 11) is -3.48. The van der Waals surface area contributed by atoms with Crippen LogP contribution in [0.1, 0.15) is 18.4 Å². The molecule has 0 bridgehead atoms. The maximum absolute atomic E-state index is 12.5. The highest BCUT2D eigenvalue weighted by Crippen LogP contribution is 2.25. The molecular weight excluding hydrogens is 314 g/mol. The molecule has 1 aliphatic heterocycles. The van der Waals surface area contributed by atoms with Gasteiger partial charge in [-0.1, -0.05) is 6.07 Å². The van der Waals surface area contributed by atoms with Gasteiger partial charge < -0.3 is 4.74 Å². The number of aromatic amines is 1. The molecule has 23 heavy (non-hydrogen) atoms. The summed E-state index contributed by atoms with van der Waals surface area (Å²) in [6.45, 7) is 3.80. The van der Waals surface area contributed by atoms with E-state index in [-0.39, 0.29) is 0 Å². The molecule has 3 rings (SSSR count). The quantitative estimate of drug-likeness (QED) is 0.876. The summed E-state index contributed by atoms with van der Waals surface area (Å²) >= 11 is 0. The van der Waals surface area contributed by atoms with Gasteiger partial charge >= 0.3 is 0 Å². The van der Waals surface area contributed by atoms with E-state index in [1.54, 1.807) is 24.5 Å². The first kappa shape index (κ1) is 16.2. The van der Waals surface area contributed by atoms with E-state index in [0.29, 0.717) is 30.6 Å². The van der Waals surface area contributed by atoms with E-state index in [9.17, 15) is 8.42 Å². The van der Waals surface area contributed by atoms with Gasteiger partial charge in [0, 0.05) is 31.5 Å². The summed E-state index contributed by atoms with van der Waals surface area (Å²) in [5, 5.41) is 6.69. The van der Waals surface area contributed by atoms with Gasteiger partial charge in [-0.25, -0.2) is 13.1 Å². The topological polar surface area (TPSA) is 84.1 Å². The minimum Gasteiger partial charge on any atom is -0.381 e. The van der Waals surface area contributed by atoms with Gasteiger partial charge in [0.15, 0.2) is 0 Å². The van der Waals surface area contributed by atoms with Gasteiger partial charge in [-0.3, -0.25) is 5.10 Å². The summed E-state index contributed by atoms with van der Waals surface area (Å²) in [6.07, 6.45) is 5.32. The van der Waals surface area contributed by atoms with Crippen molar-refractivity contribution in [2.45, 2.75) is 24.7 Å². The van der Waals surface area contributed by atoms with Crippen molar-refractivity contribution in [3.63, 3.8) is 0 Å². The number of nitrogens with one attached hydrogen (secondary N) is 2. The third-order valence-corrected chi connectivity index (χ3v) is 5.64. The smallest absolute Gasteiger partial charge is 0.240 e. The predicted molar refractivity (Wildman–Crippen MR) is 87.5 cm³/mol. The molecule has 0 radical (unpaired) electrons. The average molecular weight is 335 g/mol. The van der Waals surface area contributed by atoms with Crippen LogP contribution in [0.25, 0.3) is 11.1 Å². The van der Waals surface area contributed by atoms with Crippen LogP contribution in [0, 0.1) is 12.8 Å². The molecule has 1 aromatic carbocycles. The predicted octanol–water partition coefficient (Wildman–Crippen LogP) is 2.09. The first-order valence-electron chi connectivity index (χ1n) is 7.73. The number of ether oxygens (including phenoxy) is 1. The Kier molecular flexibility index (Phi) is 4.79. The van der Waals surface area contributed by atoms with Gasteiger partial charge in [0.05, 0.1) is 11.1 Å². The maximum Gasteiger partial charge on any atom is 0.240 e. The Morgan fingerprint density at radius 2 is 2.13 bits per heavy atom. The number of hydrogen-bond acceptors (Lipinski definition) is 4. The third-order valence-electron chi connectivity index (χ3n) is 4.22. The SMILES string of the molecule is Cc1cc(S(=O)(=O)NCC2CCOCC2)ccc1-c1cn[nH]c1. The van der Waals surface area contributed by atoms with Gasteiger partial charge in [0.1, 0.15) is 0 Å². The second-order valence-corrected chi connectivity index (χ2v) is 7.64. The van der Waals surface area contributed by atoms with Crippen LogP contribution >= 0.6 is 0 Å². The lowest BCUT2D eigenvalue weighted by Crippen LogP contribution is -2.32. The van der Waals surface area contributed by atoms with Crippen molar-refractivity contribution in [1.82, 2.24) is 14.9 Å². The maximum atomic E-state index is 12.5. The molecule has 0 aliphatic carbocycles. The van der Waals surface area contributed by atoms with E-state index in [0.717, 1.165) is 29.5 Å². The fourth-order valence-corrected chi connectivity index (χ4v) is 3.99. The van der Waals surface area contributed by atoms with E-state index in [4.69, 9.17) is 4.74 Å². The van der Waals surface area contributed by atoms with Gasteiger partial charge in [0.2, 0.25) is 10.0 Å². The number of sulfonamides is 1. The van der Waals surface area contributed by atoms with E-state index in [2.05, 4.69) is 14.9 Å². The number of aryl methyl sites for hydroxylation is 1. The van der Waals surface area contributed by atoms with Crippen molar-refractivity contribution >= 4 is 10.0 Å². The molecule has 1 aromatic heterocycles. The Labute approximate surface area is 136 Å². The third kappa shape index (κ3) is 3.80. The summed E-state index contributed by atoms with van der Waals surface area (Å²) in [5.74, 6) is 0.352. The van der Waals surface area contributed by atoms with Crippen LogP contribution in [0.5, 0.6) is 0 Å². The van der Waals surface area contributed by atoms with Crippen LogP contribution in [0.2, 0.25) is 0 Å². The standard InChI is InChI=1S/C16H21N3O3S/c1-12-8-15(2-3-16(12)14-10-17-18-11-14)23(20,21)19-9-13-4-6-22-7-5-13/h2-3,8,10-11,13,19H,4-7,9H2,1H3,(H,17,18). The minimum absolute atomic E-state index is 0.300. The molecule has 0 atom stereocenters. The molecule has 1 aliphatic rings. The Morgan fingerprint density at radius 1 is 1.35 bits per heavy atom. The number of aromatic nitrogens is 2. The second-order valence-electron chi connectivity index (χ2n) is 5.87. The highest BCUT2D eigenvalue weighted by atomic mass is 32.2. The molecular formula is C16H21N3O3S. The average Bonchev–Trinajstić information content (AvgIpc) is 3.08. The molecule has 1 fully saturated rings. The van der Waals surface area contributed by atoms with Crippen molar-refractivity contribution in [3.05, 3.63) is 36.2 Å². The van der Waals surface area contributed by atoms with E-state index in [1.165, 1.54) is 0 Å². The molecule has 0 amide bonds. The van der Waals surface area contributed by atoms with E-state index in [1.807, 2.05) is 13.0 Å². The molecule has 2 heterocycles. The fraction of sp³-hybridized carbons (Fsp3) is 0.438. The normalized spacial score (nSPS) is 16.6. The Hall–Kier alpha value is -1.70. The van der Waals surface area contributed by atoms with E-state index >= 15 is 0 Å². The summed E-state index contributed by atoms with van der Waals surface area (Å²) in [4.78, 5) is 0.300. The lowest BCUT2D eigenvalue weighted by atomic mass is 10.0. The zero-order valence-corrected chi connectivity index (χ0v) is 13.9. The van der Waals surface area contributed by atoms with Crippen molar-refractivity contribution in [3.8, 4) is 11.1 Å². The minimum atomic E-state index is -3.48. The number of benzene rings is 1. The number of nitrogens with zero attached hydrogens (tertiary/aromatic N) is 1. The first-order valence-corrected chi connectivity index (χ1v) is 9.22. The van der Waals surface area contributed by atoms with Gasteiger partial charge in [-0.15, -0.1) is 0 Å². The lowest BCUT2D eigenvalue weighted by molar-refractivity contribution is 0.0678. The van der Waals surface area contributed by atoms with Crippen LogP contribution in [0.15, 0.2) is 35.5 Å². The van der Waals surface area contributed by atoms with Crippen molar-refractivity contribution < 1.29 is 13.2 Å². The molecule has 2 aromatic rings. The molecule has 7 heteroatoms. The fourth-order valence-electron chi connectivity index (χ4n) is 2.79. The Morgan fingerprint density at radius 3 is 2.78 bits per heavy atom. The molecule has 0 unspecified atom stereocenters. The zero-order chi connectivity index (χ0) is 16.3. The monoisotopic (exact) mass is 335 g/mol. The number of rotatable bonds is 5. The lowest BCUT2D eigenvalue weighted by Gasteiger charge is -2.22. The van der Waals surface area contributed by atoms with Crippen LogP contribution in [-0.2, 0) is 14.8 Å². The summed E-state index contributed by atoms with van der Waals surface area (Å²) in [6, 6.07) is 5.17. The Bertz CT molecular complexity index is 751. The molecule has 0 saturated carbocycles. The largest absolute Gasteiger partial charge is 0.381 e. The first-order chi connectivity index (χ1) is 11.1. The van der Waals surface area contributed by atoms with Crippen LogP contribution in [-0.4, -0.2) is 38.4 Å². The van der Waals surface area contributed by atoms with Gasteiger partial charge in [-0.2, -0.15) is 5.10 Å². The van der Waals surface area contributed by atoms with Gasteiger partial charge in [0.25, 0.3) is 0 Å². The summed E-state index contributed by atoms with van der Waals surface area (Å²) in [5.41, 5.74) is 2.82. The van der Waals surface area contributed by atoms with Crippen LogP contribution in [0.3, 0.4) is 0 Å². The van der Waals surface area contributed by atoms with E-state index < -0.39 is 10.0 Å². The van der Waals surface area contributed by atoms with Crippen molar-refractivity contribution in [2.24, 2.45) is 5.92 Å². The van der Waals surface area contributed by atoms with Gasteiger partial charge in [-0.05, 0) is 48.9 Å². The molecule has 0 spiro atoms. The van der Waals surface area contributed by atoms with Crippen LogP contribution in [0.4, 0.5) is 0 Å². The molecule has 2 N–H and O–H groups in total. The number of hydrogen-bond donors (Lipinski definition) is 2. The Balaban J connectivity index is 1.73. The van der Waals surface area contributed by atoms with Crippen molar-refractivity contribution in [1.29, 1.82) is 0 Å². The molecule has 124 valence electrons. The highest BCUT2D eigenvalue weighted by Gasteiger charge is 2.19. The molecule has 6 nitrogen and oxygen atoms in total. The van der Waals surface area contributed by atoms with Crippen LogP contribution < -0.4 is 4.72 Å². The second kappa shape index (κ2) is 6.82. The van der Waals surface area contributed by atoms with Crippen molar-refractivity contribution in [2.75, 3.05) is 19.8 Å².